The molecule has 1 aromatic heterocycles. The summed E-state index contributed by atoms with van der Waals surface area (Å²) < 4.78 is 10.2. The molecule has 1 amide bonds. The highest BCUT2D eigenvalue weighted by Crippen LogP contribution is 2.49. The second-order valence-corrected chi connectivity index (χ2v) is 8.51. The van der Waals surface area contributed by atoms with Crippen LogP contribution in [0, 0.1) is 17.8 Å². The van der Waals surface area contributed by atoms with Gasteiger partial charge < -0.3 is 14.8 Å². The third kappa shape index (κ3) is 4.89. The lowest BCUT2D eigenvalue weighted by Crippen LogP contribution is -2.23. The van der Waals surface area contributed by atoms with Crippen molar-refractivity contribution in [1.29, 1.82) is 0 Å². The van der Waals surface area contributed by atoms with Gasteiger partial charge in [-0.25, -0.2) is 4.79 Å². The molecule has 1 aromatic rings. The molecule has 2 aliphatic carbocycles. The van der Waals surface area contributed by atoms with Crippen molar-refractivity contribution >= 4 is 34.2 Å². The van der Waals surface area contributed by atoms with Crippen molar-refractivity contribution in [3.63, 3.8) is 0 Å². The SMILES string of the molecule is CCOC(=O)c1cc(CC)sc1NC(=O)COC(=O)C[C@H]1C[C@H]2CC[C@@H]1C2. The maximum Gasteiger partial charge on any atom is 0.341 e. The summed E-state index contributed by atoms with van der Waals surface area (Å²) in [6.45, 7) is 3.65. The smallest absolute Gasteiger partial charge is 0.341 e. The highest BCUT2D eigenvalue weighted by Gasteiger charge is 2.40. The molecule has 0 radical (unpaired) electrons. The van der Waals surface area contributed by atoms with Gasteiger partial charge in [-0.05, 0) is 56.4 Å². The summed E-state index contributed by atoms with van der Waals surface area (Å²) in [5.74, 6) is 0.641. The number of rotatable bonds is 8. The van der Waals surface area contributed by atoms with Crippen molar-refractivity contribution < 1.29 is 23.9 Å². The molecule has 0 aliphatic heterocycles. The van der Waals surface area contributed by atoms with Crippen LogP contribution < -0.4 is 5.32 Å². The molecule has 1 N–H and O–H groups in total. The number of aryl methyl sites for hydroxylation is 1. The Kier molecular flexibility index (Phi) is 6.52. The van der Waals surface area contributed by atoms with E-state index in [1.165, 1.54) is 30.6 Å². The largest absolute Gasteiger partial charge is 0.462 e. The second-order valence-electron chi connectivity index (χ2n) is 7.38. The Labute approximate surface area is 163 Å². The lowest BCUT2D eigenvalue weighted by Gasteiger charge is -2.20. The highest BCUT2D eigenvalue weighted by molar-refractivity contribution is 7.16. The summed E-state index contributed by atoms with van der Waals surface area (Å²) in [5.41, 5.74) is 0.348. The predicted octanol–water partition coefficient (Wildman–Crippen LogP) is 3.80. The van der Waals surface area contributed by atoms with Gasteiger partial charge in [0.25, 0.3) is 5.91 Å². The number of nitrogens with one attached hydrogen (secondary N) is 1. The number of ether oxygens (including phenoxy) is 2. The second kappa shape index (κ2) is 8.87. The Bertz CT molecular complexity index is 713. The van der Waals surface area contributed by atoms with Gasteiger partial charge in [0.05, 0.1) is 12.2 Å². The van der Waals surface area contributed by atoms with Crippen LogP contribution in [0.3, 0.4) is 0 Å². The minimum atomic E-state index is -0.461. The summed E-state index contributed by atoms with van der Waals surface area (Å²) in [7, 11) is 0. The fourth-order valence-electron chi connectivity index (χ4n) is 4.28. The van der Waals surface area contributed by atoms with Crippen LogP contribution in [-0.4, -0.2) is 31.1 Å². The molecule has 148 valence electrons. The van der Waals surface area contributed by atoms with Crippen molar-refractivity contribution in [2.45, 2.75) is 52.4 Å². The van der Waals surface area contributed by atoms with E-state index in [4.69, 9.17) is 9.47 Å². The third-order valence-electron chi connectivity index (χ3n) is 5.56. The first kappa shape index (κ1) is 19.9. The number of amides is 1. The van der Waals surface area contributed by atoms with E-state index in [9.17, 15) is 14.4 Å². The van der Waals surface area contributed by atoms with Crippen molar-refractivity contribution in [3.05, 3.63) is 16.5 Å². The molecule has 1 heterocycles. The first-order valence-corrected chi connectivity index (χ1v) is 10.6. The zero-order chi connectivity index (χ0) is 19.4. The van der Waals surface area contributed by atoms with E-state index in [0.29, 0.717) is 28.8 Å². The average molecular weight is 394 g/mol. The van der Waals surface area contributed by atoms with E-state index in [1.54, 1.807) is 13.0 Å². The van der Waals surface area contributed by atoms with Crippen LogP contribution in [0.5, 0.6) is 0 Å². The van der Waals surface area contributed by atoms with E-state index in [-0.39, 0.29) is 19.2 Å². The van der Waals surface area contributed by atoms with Gasteiger partial charge in [0.15, 0.2) is 6.61 Å². The predicted molar refractivity (Wildman–Crippen MR) is 103 cm³/mol. The molecule has 0 aromatic carbocycles. The molecule has 2 aliphatic rings. The Morgan fingerprint density at radius 2 is 2.00 bits per heavy atom. The van der Waals surface area contributed by atoms with Gasteiger partial charge in [0, 0.05) is 11.3 Å². The molecule has 2 bridgehead atoms. The summed E-state index contributed by atoms with van der Waals surface area (Å²) in [6.07, 6.45) is 6.03. The maximum absolute atomic E-state index is 12.2. The fraction of sp³-hybridized carbons (Fsp3) is 0.650. The van der Waals surface area contributed by atoms with E-state index in [1.807, 2.05) is 6.92 Å². The minimum absolute atomic E-state index is 0.268. The number of carbonyl (C=O) groups excluding carboxylic acids is 3. The maximum atomic E-state index is 12.2. The lowest BCUT2D eigenvalue weighted by molar-refractivity contribution is -0.148. The molecule has 7 heteroatoms. The van der Waals surface area contributed by atoms with Gasteiger partial charge in [0.2, 0.25) is 0 Å². The number of anilines is 1. The summed E-state index contributed by atoms with van der Waals surface area (Å²) in [4.78, 5) is 37.3. The van der Waals surface area contributed by atoms with E-state index in [2.05, 4.69) is 5.32 Å². The first-order chi connectivity index (χ1) is 13.0. The van der Waals surface area contributed by atoms with Crippen LogP contribution in [0.15, 0.2) is 6.07 Å². The van der Waals surface area contributed by atoms with Crippen molar-refractivity contribution in [2.75, 3.05) is 18.5 Å². The van der Waals surface area contributed by atoms with Crippen LogP contribution >= 0.6 is 11.3 Å². The number of carbonyl (C=O) groups is 3. The van der Waals surface area contributed by atoms with Crippen LogP contribution in [0.1, 0.15) is 61.2 Å². The van der Waals surface area contributed by atoms with Crippen molar-refractivity contribution in [1.82, 2.24) is 0 Å². The Morgan fingerprint density at radius 3 is 2.63 bits per heavy atom. The number of esters is 2. The van der Waals surface area contributed by atoms with Gasteiger partial charge in [-0.2, -0.15) is 0 Å². The number of hydrogen-bond donors (Lipinski definition) is 1. The minimum Gasteiger partial charge on any atom is -0.462 e. The number of hydrogen-bond acceptors (Lipinski definition) is 6. The molecule has 6 nitrogen and oxygen atoms in total. The van der Waals surface area contributed by atoms with E-state index in [0.717, 1.165) is 23.6 Å². The molecular weight excluding hydrogens is 366 g/mol. The highest BCUT2D eigenvalue weighted by atomic mass is 32.1. The topological polar surface area (TPSA) is 81.7 Å². The van der Waals surface area contributed by atoms with Gasteiger partial charge >= 0.3 is 11.9 Å². The van der Waals surface area contributed by atoms with Gasteiger partial charge in [-0.15, -0.1) is 11.3 Å². The summed E-state index contributed by atoms with van der Waals surface area (Å²) in [6, 6.07) is 1.74. The lowest BCUT2D eigenvalue weighted by atomic mass is 9.86. The van der Waals surface area contributed by atoms with Crippen LogP contribution in [0.25, 0.3) is 0 Å². The number of fused-ring (bicyclic) bond motifs is 2. The molecule has 0 unspecified atom stereocenters. The molecular formula is C20H27NO5S. The quantitative estimate of drug-likeness (QED) is 0.680. The van der Waals surface area contributed by atoms with E-state index < -0.39 is 11.9 Å². The van der Waals surface area contributed by atoms with Gasteiger partial charge in [-0.1, -0.05) is 13.3 Å². The summed E-state index contributed by atoms with van der Waals surface area (Å²) in [5, 5.41) is 3.13. The monoisotopic (exact) mass is 393 g/mol. The molecule has 2 fully saturated rings. The molecule has 0 spiro atoms. The zero-order valence-corrected chi connectivity index (χ0v) is 16.7. The van der Waals surface area contributed by atoms with Crippen LogP contribution in [0.2, 0.25) is 0 Å². The molecule has 2 saturated carbocycles. The Hall–Kier alpha value is -1.89. The first-order valence-electron chi connectivity index (χ1n) is 9.75. The van der Waals surface area contributed by atoms with Crippen molar-refractivity contribution in [2.24, 2.45) is 17.8 Å². The van der Waals surface area contributed by atoms with Gasteiger partial charge in [-0.3, -0.25) is 9.59 Å². The van der Waals surface area contributed by atoms with Crippen molar-refractivity contribution in [3.8, 4) is 0 Å². The number of thiophene rings is 1. The Morgan fingerprint density at radius 1 is 1.19 bits per heavy atom. The van der Waals surface area contributed by atoms with Crippen LogP contribution in [0.4, 0.5) is 5.00 Å². The standard InChI is InChI=1S/C20H27NO5S/c1-3-15-10-16(20(24)25-4-2)19(27-15)21-17(22)11-26-18(23)9-14-8-12-5-6-13(14)7-12/h10,12-14H,3-9,11H2,1-2H3,(H,21,22)/t12-,13+,14+/m0/s1. The zero-order valence-electron chi connectivity index (χ0n) is 15.9. The molecule has 3 atom stereocenters. The van der Waals surface area contributed by atoms with E-state index >= 15 is 0 Å². The molecule has 27 heavy (non-hydrogen) atoms. The average Bonchev–Trinajstić information content (AvgIpc) is 3.35. The fourth-order valence-corrected chi connectivity index (χ4v) is 5.28. The third-order valence-corrected chi connectivity index (χ3v) is 6.75. The Balaban J connectivity index is 1.49. The molecule has 3 rings (SSSR count). The summed E-state index contributed by atoms with van der Waals surface area (Å²) >= 11 is 1.34. The molecule has 0 saturated heterocycles. The van der Waals surface area contributed by atoms with Crippen LogP contribution in [-0.2, 0) is 25.5 Å². The normalized spacial score (nSPS) is 23.3. The van der Waals surface area contributed by atoms with Gasteiger partial charge in [0.1, 0.15) is 5.00 Å².